The molecule has 0 amide bonds. The molecule has 0 radical (unpaired) electrons. The molecule has 1 aromatic carbocycles. The minimum absolute atomic E-state index is 0.0234. The number of rotatable bonds is 4. The zero-order valence-corrected chi connectivity index (χ0v) is 14.6. The molecule has 20 heavy (non-hydrogen) atoms. The lowest BCUT2D eigenvalue weighted by Gasteiger charge is -2.19. The fraction of sp³-hybridized carbons (Fsp3) is 0.538. The summed E-state index contributed by atoms with van der Waals surface area (Å²) in [6.07, 6.45) is 0.704. The number of halogens is 2. The van der Waals surface area contributed by atoms with Crippen LogP contribution in [0, 0.1) is 6.92 Å². The number of hydrogen-bond acceptors (Lipinski definition) is 3. The first kappa shape index (κ1) is 16.2. The average molecular weight is 383 g/mol. The SMILES string of the molecule is COC1CCN(S(=O)(=O)c2cc(CCl)cc(Br)c2C)C1. The maximum absolute atomic E-state index is 12.7. The van der Waals surface area contributed by atoms with Crippen molar-refractivity contribution in [3.05, 3.63) is 27.7 Å². The fourth-order valence-corrected chi connectivity index (χ4v) is 4.88. The summed E-state index contributed by atoms with van der Waals surface area (Å²) < 4.78 is 33.0. The van der Waals surface area contributed by atoms with Crippen LogP contribution in [0.25, 0.3) is 0 Å². The van der Waals surface area contributed by atoms with Crippen molar-refractivity contribution in [1.82, 2.24) is 4.31 Å². The van der Waals surface area contributed by atoms with E-state index >= 15 is 0 Å². The van der Waals surface area contributed by atoms with Gasteiger partial charge in [0.15, 0.2) is 0 Å². The first-order valence-electron chi connectivity index (χ1n) is 6.28. The van der Waals surface area contributed by atoms with Gasteiger partial charge in [0.2, 0.25) is 10.0 Å². The summed E-state index contributed by atoms with van der Waals surface area (Å²) in [7, 11) is -1.89. The van der Waals surface area contributed by atoms with Crippen molar-refractivity contribution in [3.63, 3.8) is 0 Å². The lowest BCUT2D eigenvalue weighted by molar-refractivity contribution is 0.115. The van der Waals surface area contributed by atoms with Gasteiger partial charge in [0.25, 0.3) is 0 Å². The molecule has 1 saturated heterocycles. The van der Waals surface area contributed by atoms with Gasteiger partial charge in [0.05, 0.1) is 11.0 Å². The molecule has 2 rings (SSSR count). The highest BCUT2D eigenvalue weighted by atomic mass is 79.9. The summed E-state index contributed by atoms with van der Waals surface area (Å²) in [4.78, 5) is 0.319. The smallest absolute Gasteiger partial charge is 0.243 e. The first-order valence-corrected chi connectivity index (χ1v) is 9.05. The number of nitrogens with zero attached hydrogens (tertiary/aromatic N) is 1. The largest absolute Gasteiger partial charge is 0.380 e. The van der Waals surface area contributed by atoms with Crippen molar-refractivity contribution in [2.24, 2.45) is 0 Å². The standard InChI is InChI=1S/C13H17BrClNO3S/c1-9-12(14)5-10(7-15)6-13(9)20(17,18)16-4-3-11(8-16)19-2/h5-6,11H,3-4,7-8H2,1-2H3. The van der Waals surface area contributed by atoms with Gasteiger partial charge in [-0.2, -0.15) is 4.31 Å². The van der Waals surface area contributed by atoms with Crippen LogP contribution in [0.2, 0.25) is 0 Å². The Balaban J connectivity index is 2.42. The van der Waals surface area contributed by atoms with E-state index in [1.54, 1.807) is 20.1 Å². The van der Waals surface area contributed by atoms with Crippen LogP contribution in [0.1, 0.15) is 17.5 Å². The molecule has 0 N–H and O–H groups in total. The van der Waals surface area contributed by atoms with Gasteiger partial charge in [-0.3, -0.25) is 0 Å². The van der Waals surface area contributed by atoms with Crippen LogP contribution in [0.5, 0.6) is 0 Å². The van der Waals surface area contributed by atoms with E-state index in [2.05, 4.69) is 15.9 Å². The highest BCUT2D eigenvalue weighted by Crippen LogP contribution is 2.30. The molecule has 0 spiro atoms. The Morgan fingerprint density at radius 2 is 2.20 bits per heavy atom. The molecule has 1 atom stereocenters. The van der Waals surface area contributed by atoms with Crippen molar-refractivity contribution < 1.29 is 13.2 Å². The minimum Gasteiger partial charge on any atom is -0.380 e. The Labute approximate surface area is 133 Å². The molecule has 0 saturated carbocycles. The predicted octanol–water partition coefficient (Wildman–Crippen LogP) is 2.91. The highest BCUT2D eigenvalue weighted by Gasteiger charge is 2.33. The van der Waals surface area contributed by atoms with Gasteiger partial charge in [-0.25, -0.2) is 8.42 Å². The number of alkyl halides is 1. The summed E-state index contributed by atoms with van der Waals surface area (Å²) >= 11 is 9.23. The van der Waals surface area contributed by atoms with Crippen molar-refractivity contribution >= 4 is 37.6 Å². The first-order chi connectivity index (χ1) is 9.40. The van der Waals surface area contributed by atoms with E-state index in [4.69, 9.17) is 16.3 Å². The number of sulfonamides is 1. The van der Waals surface area contributed by atoms with E-state index in [-0.39, 0.29) is 12.0 Å². The number of methoxy groups -OCH3 is 1. The van der Waals surface area contributed by atoms with Crippen LogP contribution >= 0.6 is 27.5 Å². The van der Waals surface area contributed by atoms with Crippen molar-refractivity contribution in [1.29, 1.82) is 0 Å². The maximum Gasteiger partial charge on any atom is 0.243 e. The summed E-state index contributed by atoms with van der Waals surface area (Å²) in [5.41, 5.74) is 1.49. The summed E-state index contributed by atoms with van der Waals surface area (Å²) in [6, 6.07) is 3.51. The fourth-order valence-electron chi connectivity index (χ4n) is 2.30. The van der Waals surface area contributed by atoms with Gasteiger partial charge in [0.1, 0.15) is 0 Å². The topological polar surface area (TPSA) is 46.6 Å². The molecule has 1 aromatic rings. The van der Waals surface area contributed by atoms with Crippen molar-refractivity contribution in [2.45, 2.75) is 30.2 Å². The predicted molar refractivity (Wildman–Crippen MR) is 82.6 cm³/mol. The van der Waals surface area contributed by atoms with E-state index in [0.717, 1.165) is 16.5 Å². The average Bonchev–Trinajstić information content (AvgIpc) is 2.91. The Morgan fingerprint density at radius 3 is 2.75 bits per heavy atom. The second-order valence-corrected chi connectivity index (χ2v) is 7.87. The molecule has 1 unspecified atom stereocenters. The van der Waals surface area contributed by atoms with Crippen molar-refractivity contribution in [2.75, 3.05) is 20.2 Å². The molecule has 1 aliphatic heterocycles. The van der Waals surface area contributed by atoms with E-state index < -0.39 is 10.0 Å². The zero-order valence-electron chi connectivity index (χ0n) is 11.4. The molecule has 1 fully saturated rings. The van der Waals surface area contributed by atoms with E-state index in [9.17, 15) is 8.42 Å². The van der Waals surface area contributed by atoms with Gasteiger partial charge >= 0.3 is 0 Å². The maximum atomic E-state index is 12.7. The molecular weight excluding hydrogens is 366 g/mol. The van der Waals surface area contributed by atoms with E-state index in [1.807, 2.05) is 6.07 Å². The van der Waals surface area contributed by atoms with Crippen LogP contribution in [-0.2, 0) is 20.6 Å². The monoisotopic (exact) mass is 381 g/mol. The Kier molecular flexibility index (Phi) is 5.13. The number of benzene rings is 1. The van der Waals surface area contributed by atoms with E-state index in [1.165, 1.54) is 4.31 Å². The van der Waals surface area contributed by atoms with Crippen LogP contribution in [-0.4, -0.2) is 39.0 Å². The molecule has 112 valence electrons. The lowest BCUT2D eigenvalue weighted by atomic mass is 10.2. The summed E-state index contributed by atoms with van der Waals surface area (Å²) in [6.45, 7) is 2.68. The van der Waals surface area contributed by atoms with Crippen LogP contribution < -0.4 is 0 Å². The van der Waals surface area contributed by atoms with Crippen LogP contribution in [0.3, 0.4) is 0 Å². The minimum atomic E-state index is -3.50. The van der Waals surface area contributed by atoms with Crippen molar-refractivity contribution in [3.8, 4) is 0 Å². The Bertz CT molecular complexity index is 606. The quantitative estimate of drug-likeness (QED) is 0.752. The molecule has 1 aliphatic rings. The third-order valence-corrected chi connectivity index (χ3v) is 6.69. The number of hydrogen-bond donors (Lipinski definition) is 0. The van der Waals surface area contributed by atoms with Crippen LogP contribution in [0.15, 0.2) is 21.5 Å². The van der Waals surface area contributed by atoms with Gasteiger partial charge < -0.3 is 4.74 Å². The molecule has 0 aromatic heterocycles. The van der Waals surface area contributed by atoms with E-state index in [0.29, 0.717) is 23.5 Å². The second kappa shape index (κ2) is 6.32. The number of ether oxygens (including phenoxy) is 1. The molecule has 0 bridgehead atoms. The lowest BCUT2D eigenvalue weighted by Crippen LogP contribution is -2.30. The van der Waals surface area contributed by atoms with Gasteiger partial charge in [-0.05, 0) is 36.6 Å². The van der Waals surface area contributed by atoms with Crippen LogP contribution in [0.4, 0.5) is 0 Å². The van der Waals surface area contributed by atoms with Gasteiger partial charge in [-0.1, -0.05) is 15.9 Å². The molecule has 7 heteroatoms. The molecule has 1 heterocycles. The summed E-state index contributed by atoms with van der Waals surface area (Å²) in [5.74, 6) is 0.280. The normalized spacial score (nSPS) is 20.5. The highest BCUT2D eigenvalue weighted by molar-refractivity contribution is 9.10. The third-order valence-electron chi connectivity index (χ3n) is 3.57. The summed E-state index contributed by atoms with van der Waals surface area (Å²) in [5, 5.41) is 0. The van der Waals surface area contributed by atoms with Gasteiger partial charge in [0, 0.05) is 30.6 Å². The Hall–Kier alpha value is -0.140. The molecular formula is C13H17BrClNO3S. The zero-order chi connectivity index (χ0) is 14.9. The second-order valence-electron chi connectivity index (χ2n) is 4.84. The van der Waals surface area contributed by atoms with Gasteiger partial charge in [-0.15, -0.1) is 11.6 Å². The molecule has 4 nitrogen and oxygen atoms in total. The Morgan fingerprint density at radius 1 is 1.50 bits per heavy atom. The molecule has 0 aliphatic carbocycles. The third kappa shape index (κ3) is 3.04.